The molecule has 1 aromatic rings. The molecule has 0 radical (unpaired) electrons. The third kappa shape index (κ3) is 1.65. The van der Waals surface area contributed by atoms with E-state index in [2.05, 4.69) is 20.8 Å². The fourth-order valence-corrected chi connectivity index (χ4v) is 1.75. The number of hydrogen-bond donors (Lipinski definition) is 0. The van der Waals surface area contributed by atoms with Crippen LogP contribution in [0.15, 0.2) is 18.2 Å². The second-order valence-electron chi connectivity index (χ2n) is 5.09. The molecular weight excluding hydrogens is 188 g/mol. The zero-order chi connectivity index (χ0) is 11.2. The summed E-state index contributed by atoms with van der Waals surface area (Å²) in [4.78, 5) is 11.8. The molecule has 0 saturated carbocycles. The predicted octanol–water partition coefficient (Wildman–Crippen LogP) is 2.95. The highest BCUT2D eigenvalue weighted by atomic mass is 16.5. The SMILES string of the molecule is CC1Oc2ccc(C(C)(C)C)cc2C1=O. The summed E-state index contributed by atoms with van der Waals surface area (Å²) in [5.74, 6) is 0.816. The number of benzene rings is 1. The molecule has 1 aliphatic rings. The molecule has 0 N–H and O–H groups in total. The molecule has 0 amide bonds. The Kier molecular flexibility index (Phi) is 2.10. The fraction of sp³-hybridized carbons (Fsp3) is 0.462. The molecule has 0 fully saturated rings. The molecule has 0 bridgehead atoms. The minimum Gasteiger partial charge on any atom is -0.482 e. The van der Waals surface area contributed by atoms with Crippen LogP contribution in [0.25, 0.3) is 0 Å². The quantitative estimate of drug-likeness (QED) is 0.649. The molecule has 15 heavy (non-hydrogen) atoms. The van der Waals surface area contributed by atoms with Crippen molar-refractivity contribution < 1.29 is 9.53 Å². The molecule has 0 aromatic heterocycles. The van der Waals surface area contributed by atoms with E-state index in [1.54, 1.807) is 6.92 Å². The summed E-state index contributed by atoms with van der Waals surface area (Å²) in [6.45, 7) is 8.20. The summed E-state index contributed by atoms with van der Waals surface area (Å²) in [5.41, 5.74) is 1.98. The number of Topliss-reactive ketones (excluding diaryl/α,β-unsaturated/α-hetero) is 1. The van der Waals surface area contributed by atoms with Gasteiger partial charge in [0.2, 0.25) is 5.78 Å². The number of hydrogen-bond acceptors (Lipinski definition) is 2. The van der Waals surface area contributed by atoms with Crippen molar-refractivity contribution in [1.82, 2.24) is 0 Å². The Morgan fingerprint density at radius 1 is 1.27 bits per heavy atom. The monoisotopic (exact) mass is 204 g/mol. The van der Waals surface area contributed by atoms with Gasteiger partial charge in [-0.1, -0.05) is 26.8 Å². The normalized spacial score (nSPS) is 20.0. The lowest BCUT2D eigenvalue weighted by Crippen LogP contribution is -2.15. The van der Waals surface area contributed by atoms with Crippen molar-refractivity contribution in [2.24, 2.45) is 0 Å². The predicted molar refractivity (Wildman–Crippen MR) is 59.6 cm³/mol. The van der Waals surface area contributed by atoms with E-state index in [0.717, 1.165) is 11.3 Å². The highest BCUT2D eigenvalue weighted by Gasteiger charge is 2.29. The maximum atomic E-state index is 11.8. The van der Waals surface area contributed by atoms with Crippen LogP contribution in [-0.4, -0.2) is 11.9 Å². The zero-order valence-electron chi connectivity index (χ0n) is 9.63. The molecule has 1 aliphatic heterocycles. The molecule has 1 atom stereocenters. The van der Waals surface area contributed by atoms with Crippen LogP contribution in [0.2, 0.25) is 0 Å². The van der Waals surface area contributed by atoms with Crippen LogP contribution in [0.1, 0.15) is 43.6 Å². The molecular formula is C13H16O2. The van der Waals surface area contributed by atoms with Crippen LogP contribution >= 0.6 is 0 Å². The zero-order valence-corrected chi connectivity index (χ0v) is 9.63. The highest BCUT2D eigenvalue weighted by Crippen LogP contribution is 2.33. The van der Waals surface area contributed by atoms with Crippen LogP contribution in [0.4, 0.5) is 0 Å². The molecule has 1 heterocycles. The van der Waals surface area contributed by atoms with Gasteiger partial charge in [0.25, 0.3) is 0 Å². The van der Waals surface area contributed by atoms with E-state index in [4.69, 9.17) is 4.74 Å². The molecule has 2 rings (SSSR count). The number of carbonyl (C=O) groups is 1. The Morgan fingerprint density at radius 3 is 2.53 bits per heavy atom. The maximum absolute atomic E-state index is 11.8. The van der Waals surface area contributed by atoms with Gasteiger partial charge in [0.05, 0.1) is 5.56 Å². The Balaban J connectivity index is 2.49. The van der Waals surface area contributed by atoms with Crippen LogP contribution in [0.5, 0.6) is 5.75 Å². The second kappa shape index (κ2) is 3.09. The van der Waals surface area contributed by atoms with E-state index in [1.165, 1.54) is 5.56 Å². The smallest absolute Gasteiger partial charge is 0.206 e. The average molecular weight is 204 g/mol. The molecule has 2 heteroatoms. The molecule has 1 unspecified atom stereocenters. The summed E-state index contributed by atoms with van der Waals surface area (Å²) in [5, 5.41) is 0. The number of ketones is 1. The highest BCUT2D eigenvalue weighted by molar-refractivity contribution is 6.04. The summed E-state index contributed by atoms with van der Waals surface area (Å²) in [6.07, 6.45) is -0.324. The Bertz CT molecular complexity index is 413. The standard InChI is InChI=1S/C13H16O2/c1-8-12(14)10-7-9(13(2,3)4)5-6-11(10)15-8/h5-8H,1-4H3. The molecule has 2 nitrogen and oxygen atoms in total. The average Bonchev–Trinajstić information content (AvgIpc) is 2.41. The van der Waals surface area contributed by atoms with Crippen molar-refractivity contribution >= 4 is 5.78 Å². The van der Waals surface area contributed by atoms with Gasteiger partial charge in [-0.3, -0.25) is 4.79 Å². The number of fused-ring (bicyclic) bond motifs is 1. The van der Waals surface area contributed by atoms with Crippen LogP contribution in [0.3, 0.4) is 0 Å². The van der Waals surface area contributed by atoms with Gasteiger partial charge >= 0.3 is 0 Å². The Hall–Kier alpha value is -1.31. The van der Waals surface area contributed by atoms with Gasteiger partial charge in [-0.15, -0.1) is 0 Å². The first-order chi connectivity index (χ1) is 6.89. The first kappa shape index (κ1) is 10.2. The third-order valence-electron chi connectivity index (χ3n) is 2.78. The lowest BCUT2D eigenvalue weighted by atomic mass is 9.85. The summed E-state index contributed by atoms with van der Waals surface area (Å²) in [7, 11) is 0. The lowest BCUT2D eigenvalue weighted by molar-refractivity contribution is 0.0878. The Labute approximate surface area is 90.3 Å². The fourth-order valence-electron chi connectivity index (χ4n) is 1.75. The van der Waals surface area contributed by atoms with Gasteiger partial charge in [0.1, 0.15) is 5.75 Å². The van der Waals surface area contributed by atoms with Gasteiger partial charge in [0.15, 0.2) is 6.10 Å². The van der Waals surface area contributed by atoms with E-state index in [9.17, 15) is 4.79 Å². The number of ether oxygens (including phenoxy) is 1. The van der Waals surface area contributed by atoms with Crippen molar-refractivity contribution in [2.75, 3.05) is 0 Å². The van der Waals surface area contributed by atoms with Crippen LogP contribution in [0, 0.1) is 0 Å². The van der Waals surface area contributed by atoms with Crippen molar-refractivity contribution in [2.45, 2.75) is 39.2 Å². The molecule has 80 valence electrons. The molecule has 0 saturated heterocycles. The number of carbonyl (C=O) groups excluding carboxylic acids is 1. The van der Waals surface area contributed by atoms with Crippen molar-refractivity contribution in [3.05, 3.63) is 29.3 Å². The Morgan fingerprint density at radius 2 is 1.93 bits per heavy atom. The minimum absolute atomic E-state index is 0.0706. The van der Waals surface area contributed by atoms with E-state index in [-0.39, 0.29) is 17.3 Å². The molecule has 0 spiro atoms. The molecule has 1 aromatic carbocycles. The third-order valence-corrected chi connectivity index (χ3v) is 2.78. The van der Waals surface area contributed by atoms with Gasteiger partial charge < -0.3 is 4.74 Å². The summed E-state index contributed by atoms with van der Waals surface area (Å²) < 4.78 is 5.44. The van der Waals surface area contributed by atoms with Crippen molar-refractivity contribution in [3.8, 4) is 5.75 Å². The van der Waals surface area contributed by atoms with Gasteiger partial charge in [-0.2, -0.15) is 0 Å². The summed E-state index contributed by atoms with van der Waals surface area (Å²) in [6, 6.07) is 5.89. The second-order valence-corrected chi connectivity index (χ2v) is 5.09. The molecule has 0 aliphatic carbocycles. The maximum Gasteiger partial charge on any atom is 0.206 e. The lowest BCUT2D eigenvalue weighted by Gasteiger charge is -2.19. The van der Waals surface area contributed by atoms with Crippen LogP contribution < -0.4 is 4.74 Å². The summed E-state index contributed by atoms with van der Waals surface area (Å²) >= 11 is 0. The van der Waals surface area contributed by atoms with E-state index in [0.29, 0.717) is 0 Å². The van der Waals surface area contributed by atoms with E-state index < -0.39 is 0 Å². The first-order valence-corrected chi connectivity index (χ1v) is 5.25. The van der Waals surface area contributed by atoms with Gasteiger partial charge in [-0.05, 0) is 30.0 Å². The van der Waals surface area contributed by atoms with E-state index >= 15 is 0 Å². The van der Waals surface area contributed by atoms with Crippen molar-refractivity contribution in [3.63, 3.8) is 0 Å². The van der Waals surface area contributed by atoms with Gasteiger partial charge in [-0.25, -0.2) is 0 Å². The minimum atomic E-state index is -0.324. The van der Waals surface area contributed by atoms with E-state index in [1.807, 2.05) is 18.2 Å². The number of rotatable bonds is 0. The topological polar surface area (TPSA) is 26.3 Å². The van der Waals surface area contributed by atoms with Gasteiger partial charge in [0, 0.05) is 0 Å². The largest absolute Gasteiger partial charge is 0.482 e. The van der Waals surface area contributed by atoms with Crippen molar-refractivity contribution in [1.29, 1.82) is 0 Å². The van der Waals surface area contributed by atoms with Crippen LogP contribution in [-0.2, 0) is 5.41 Å². The first-order valence-electron chi connectivity index (χ1n) is 5.25.